The Morgan fingerprint density at radius 3 is 1.95 bits per heavy atom. The summed E-state index contributed by atoms with van der Waals surface area (Å²) in [6, 6.07) is 40.7. The van der Waals surface area contributed by atoms with Gasteiger partial charge in [-0.1, -0.05) is 109 Å². The van der Waals surface area contributed by atoms with E-state index in [9.17, 15) is 5.11 Å². The summed E-state index contributed by atoms with van der Waals surface area (Å²) in [5, 5.41) is 12.5. The second kappa shape index (κ2) is 11.6. The lowest BCUT2D eigenvalue weighted by Crippen LogP contribution is -2.29. The molecule has 39 heavy (non-hydrogen) atoms. The molecule has 0 bridgehead atoms. The summed E-state index contributed by atoms with van der Waals surface area (Å²) in [6.07, 6.45) is 2.82. The van der Waals surface area contributed by atoms with Gasteiger partial charge in [-0.25, -0.2) is 4.98 Å². The van der Waals surface area contributed by atoms with Crippen molar-refractivity contribution in [3.05, 3.63) is 156 Å². The fourth-order valence-corrected chi connectivity index (χ4v) is 6.84. The van der Waals surface area contributed by atoms with Gasteiger partial charge in [0.25, 0.3) is 0 Å². The summed E-state index contributed by atoms with van der Waals surface area (Å²) in [4.78, 5) is 8.37. The molecular formula is C34H32N2O2S. The van der Waals surface area contributed by atoms with E-state index in [-0.39, 0.29) is 0 Å². The van der Waals surface area contributed by atoms with E-state index in [1.54, 1.807) is 6.20 Å². The highest BCUT2D eigenvalue weighted by atomic mass is 32.2. The Morgan fingerprint density at radius 1 is 0.769 bits per heavy atom. The van der Waals surface area contributed by atoms with Crippen LogP contribution in [0.1, 0.15) is 28.3 Å². The van der Waals surface area contributed by atoms with Crippen molar-refractivity contribution in [2.45, 2.75) is 28.7 Å². The van der Waals surface area contributed by atoms with E-state index in [1.807, 2.05) is 72.4 Å². The number of likely N-dealkylation sites (tertiary alicyclic amines) is 1. The smallest absolute Gasteiger partial charge is 0.236 e. The van der Waals surface area contributed by atoms with Crippen LogP contribution < -0.4 is 0 Å². The van der Waals surface area contributed by atoms with Crippen LogP contribution >= 0.6 is 11.8 Å². The molecule has 1 saturated heterocycles. The van der Waals surface area contributed by atoms with Crippen LogP contribution in [0.4, 0.5) is 0 Å². The molecule has 0 aliphatic carbocycles. The van der Waals surface area contributed by atoms with Crippen LogP contribution in [-0.2, 0) is 18.6 Å². The number of nitrogens with zero attached hydrogens (tertiary/aromatic N) is 2. The van der Waals surface area contributed by atoms with Crippen LogP contribution in [0.5, 0.6) is 0 Å². The van der Waals surface area contributed by atoms with Crippen molar-refractivity contribution in [1.82, 2.24) is 9.88 Å². The van der Waals surface area contributed by atoms with E-state index in [4.69, 9.17) is 4.42 Å². The van der Waals surface area contributed by atoms with E-state index in [1.165, 1.54) is 10.5 Å². The largest absolute Gasteiger partial charge is 0.441 e. The van der Waals surface area contributed by atoms with Crippen LogP contribution in [0, 0.1) is 5.92 Å². The fraction of sp³-hybridized carbons (Fsp3) is 0.206. The Balaban J connectivity index is 1.23. The van der Waals surface area contributed by atoms with E-state index in [2.05, 4.69) is 70.5 Å². The minimum atomic E-state index is -1.46. The number of rotatable bonds is 9. The van der Waals surface area contributed by atoms with E-state index < -0.39 is 5.60 Å². The molecule has 196 valence electrons. The molecule has 5 aromatic rings. The summed E-state index contributed by atoms with van der Waals surface area (Å²) in [5.74, 6) is 1.58. The molecule has 1 aromatic heterocycles. The van der Waals surface area contributed by atoms with E-state index >= 15 is 0 Å². The van der Waals surface area contributed by atoms with Crippen LogP contribution in [0.2, 0.25) is 0 Å². The molecule has 4 nitrogen and oxygen atoms in total. The Bertz CT molecular complexity index is 1370. The number of aromatic nitrogens is 1. The van der Waals surface area contributed by atoms with Crippen molar-refractivity contribution in [1.29, 1.82) is 0 Å². The zero-order valence-electron chi connectivity index (χ0n) is 21.8. The van der Waals surface area contributed by atoms with Gasteiger partial charge in [0, 0.05) is 23.2 Å². The quantitative estimate of drug-likeness (QED) is 0.226. The Labute approximate surface area is 234 Å². The average molecular weight is 533 g/mol. The number of thioether (sulfide) groups is 1. The molecule has 2 atom stereocenters. The van der Waals surface area contributed by atoms with E-state index in [0.29, 0.717) is 23.6 Å². The minimum Gasteiger partial charge on any atom is -0.441 e. The highest BCUT2D eigenvalue weighted by molar-refractivity contribution is 8.00. The zero-order valence-corrected chi connectivity index (χ0v) is 22.6. The molecule has 0 saturated carbocycles. The van der Waals surface area contributed by atoms with Gasteiger partial charge in [-0.2, -0.15) is 0 Å². The third kappa shape index (κ3) is 5.71. The highest BCUT2D eigenvalue weighted by Gasteiger charge is 2.39. The molecule has 0 radical (unpaired) electrons. The molecule has 1 aliphatic heterocycles. The van der Waals surface area contributed by atoms with Crippen molar-refractivity contribution < 1.29 is 9.52 Å². The maximum absolute atomic E-state index is 12.0. The number of oxazole rings is 1. The number of benzene rings is 4. The Kier molecular flexibility index (Phi) is 7.64. The Hall–Kier alpha value is -3.64. The first-order valence-corrected chi connectivity index (χ1v) is 14.3. The molecule has 6 rings (SSSR count). The molecule has 5 heteroatoms. The van der Waals surface area contributed by atoms with Gasteiger partial charge in [0.1, 0.15) is 5.76 Å². The monoisotopic (exact) mass is 532 g/mol. The molecule has 2 heterocycles. The lowest BCUT2D eigenvalue weighted by Gasteiger charge is -2.26. The van der Waals surface area contributed by atoms with Gasteiger partial charge in [0.2, 0.25) is 5.89 Å². The fourth-order valence-electron chi connectivity index (χ4n) is 5.52. The zero-order chi connectivity index (χ0) is 26.5. The molecular weight excluding hydrogens is 500 g/mol. The van der Waals surface area contributed by atoms with Gasteiger partial charge < -0.3 is 9.52 Å². The molecule has 0 spiro atoms. The van der Waals surface area contributed by atoms with Crippen LogP contribution in [0.3, 0.4) is 0 Å². The first-order valence-electron chi connectivity index (χ1n) is 13.4. The lowest BCUT2D eigenvalue weighted by atomic mass is 9.86. The summed E-state index contributed by atoms with van der Waals surface area (Å²) in [7, 11) is 0. The summed E-state index contributed by atoms with van der Waals surface area (Å²) >= 11 is 1.97. The maximum Gasteiger partial charge on any atom is 0.236 e. The lowest BCUT2D eigenvalue weighted by molar-refractivity contribution is 0.0899. The normalized spacial score (nSPS) is 17.9. The molecule has 2 unspecified atom stereocenters. The highest BCUT2D eigenvalue weighted by Crippen LogP contribution is 2.38. The van der Waals surface area contributed by atoms with Gasteiger partial charge in [-0.15, -0.1) is 11.8 Å². The molecule has 4 aromatic carbocycles. The third-order valence-electron chi connectivity index (χ3n) is 7.45. The van der Waals surface area contributed by atoms with Gasteiger partial charge in [0.15, 0.2) is 5.60 Å². The van der Waals surface area contributed by atoms with Crippen LogP contribution in [0.25, 0.3) is 0 Å². The number of hydrogen-bond donors (Lipinski definition) is 1. The maximum atomic E-state index is 12.0. The molecule has 1 N–H and O–H groups in total. The van der Waals surface area contributed by atoms with Gasteiger partial charge in [-0.3, -0.25) is 4.90 Å². The predicted octanol–water partition coefficient (Wildman–Crippen LogP) is 6.79. The number of aliphatic hydroxyl groups is 1. The molecule has 1 aliphatic rings. The first-order chi connectivity index (χ1) is 19.2. The van der Waals surface area contributed by atoms with Crippen LogP contribution in [-0.4, -0.2) is 33.3 Å². The van der Waals surface area contributed by atoms with Gasteiger partial charge >= 0.3 is 0 Å². The molecule has 1 fully saturated rings. The topological polar surface area (TPSA) is 49.5 Å². The van der Waals surface area contributed by atoms with Crippen molar-refractivity contribution >= 4 is 11.8 Å². The SMILES string of the molecule is OC(c1ccccc1)(c1ccccc1)c1ncc(CN2CC(Cc3ccccc3)C(Sc3ccccc3)C2)o1. The average Bonchev–Trinajstić information content (AvgIpc) is 3.61. The van der Waals surface area contributed by atoms with Crippen molar-refractivity contribution in [2.24, 2.45) is 5.92 Å². The Morgan fingerprint density at radius 2 is 1.33 bits per heavy atom. The van der Waals surface area contributed by atoms with Crippen LogP contribution in [0.15, 0.2) is 137 Å². The van der Waals surface area contributed by atoms with Gasteiger partial charge in [0.05, 0.1) is 12.7 Å². The standard InChI is InChI=1S/C34H32N2O2S/c37-34(28-15-7-2-8-16-28,29-17-9-3-10-18-29)33-35-22-30(38-33)24-36-23-27(21-26-13-5-1-6-14-26)32(25-36)39-31-19-11-4-12-20-31/h1-20,22,27,32,37H,21,23-25H2. The summed E-state index contributed by atoms with van der Waals surface area (Å²) in [5.41, 5.74) is 1.37. The van der Waals surface area contributed by atoms with E-state index in [0.717, 1.165) is 36.4 Å². The van der Waals surface area contributed by atoms with Crippen molar-refractivity contribution in [3.8, 4) is 0 Å². The summed E-state index contributed by atoms with van der Waals surface area (Å²) < 4.78 is 6.32. The second-order valence-corrected chi connectivity index (χ2v) is 11.5. The first kappa shape index (κ1) is 25.6. The predicted molar refractivity (Wildman–Crippen MR) is 156 cm³/mol. The number of hydrogen-bond acceptors (Lipinski definition) is 5. The molecule has 0 amide bonds. The second-order valence-electron chi connectivity index (χ2n) is 10.2. The third-order valence-corrected chi connectivity index (χ3v) is 8.83. The van der Waals surface area contributed by atoms with Gasteiger partial charge in [-0.05, 0) is 41.2 Å². The minimum absolute atomic E-state index is 0.296. The summed E-state index contributed by atoms with van der Waals surface area (Å²) in [6.45, 7) is 2.61. The van der Waals surface area contributed by atoms with Crippen molar-refractivity contribution in [2.75, 3.05) is 13.1 Å². The van der Waals surface area contributed by atoms with Crippen molar-refractivity contribution in [3.63, 3.8) is 0 Å².